The number of rotatable bonds is 4. The number of fused-ring (bicyclic) bond motifs is 5. The molecule has 1 atom stereocenters. The molecule has 6 nitrogen and oxygen atoms in total. The third kappa shape index (κ3) is 2.63. The number of aryl methyl sites for hydroxylation is 1. The minimum Gasteiger partial charge on any atom is -0.458 e. The number of ether oxygens (including phenoxy) is 1. The van der Waals surface area contributed by atoms with Gasteiger partial charge in [-0.25, -0.2) is 9.78 Å². The number of aromatic nitrogens is 2. The lowest BCUT2D eigenvalue weighted by Gasteiger charge is -2.31. The van der Waals surface area contributed by atoms with E-state index in [1.165, 1.54) is 5.56 Å². The van der Waals surface area contributed by atoms with Crippen molar-refractivity contribution in [3.8, 4) is 11.4 Å². The van der Waals surface area contributed by atoms with Crippen molar-refractivity contribution in [2.75, 3.05) is 0 Å². The molecule has 2 aromatic heterocycles. The fourth-order valence-corrected chi connectivity index (χ4v) is 4.57. The van der Waals surface area contributed by atoms with Crippen LogP contribution in [-0.4, -0.2) is 20.6 Å². The Morgan fingerprint density at radius 1 is 1.20 bits per heavy atom. The maximum atomic E-state index is 13.2. The Bertz CT molecular complexity index is 1260. The van der Waals surface area contributed by atoms with E-state index in [2.05, 4.69) is 25.1 Å². The zero-order chi connectivity index (χ0) is 21.0. The first-order chi connectivity index (χ1) is 14.5. The van der Waals surface area contributed by atoms with Gasteiger partial charge in [-0.1, -0.05) is 26.3 Å². The molecule has 4 heterocycles. The first kappa shape index (κ1) is 19.0. The number of nitrogens with zero attached hydrogens (tertiary/aromatic N) is 2. The van der Waals surface area contributed by atoms with Gasteiger partial charge in [0.15, 0.2) is 5.60 Å². The van der Waals surface area contributed by atoms with Gasteiger partial charge in [-0.15, -0.1) is 0 Å². The summed E-state index contributed by atoms with van der Waals surface area (Å²) in [5, 5.41) is 12.0. The number of cyclic esters (lactones) is 1. The second kappa shape index (κ2) is 6.77. The molecular formula is C24H24N2O4. The van der Waals surface area contributed by atoms with Gasteiger partial charge in [0.05, 0.1) is 29.0 Å². The molecule has 30 heavy (non-hydrogen) atoms. The fourth-order valence-electron chi connectivity index (χ4n) is 4.57. The molecule has 0 aliphatic carbocycles. The molecule has 6 heteroatoms. The predicted octanol–water partition coefficient (Wildman–Crippen LogP) is 3.42. The van der Waals surface area contributed by atoms with Crippen LogP contribution in [0.5, 0.6) is 0 Å². The van der Waals surface area contributed by atoms with Gasteiger partial charge in [0.1, 0.15) is 6.61 Å². The highest BCUT2D eigenvalue weighted by Gasteiger charge is 2.45. The molecule has 2 aliphatic heterocycles. The SMILES string of the molecule is CCCCc1ccc2nc3c(cc2c1)Cn1c-3cc2c(c1=O)COC(=O)C2(O)CC. The normalized spacial score (nSPS) is 19.4. The molecule has 0 bridgehead atoms. The third-order valence-electron chi connectivity index (χ3n) is 6.39. The van der Waals surface area contributed by atoms with Crippen LogP contribution in [0.15, 0.2) is 35.1 Å². The molecule has 1 aromatic carbocycles. The predicted molar refractivity (Wildman–Crippen MR) is 113 cm³/mol. The van der Waals surface area contributed by atoms with Crippen molar-refractivity contribution in [3.63, 3.8) is 0 Å². The summed E-state index contributed by atoms with van der Waals surface area (Å²) in [6.07, 6.45) is 3.48. The zero-order valence-electron chi connectivity index (χ0n) is 17.2. The molecule has 0 fully saturated rings. The summed E-state index contributed by atoms with van der Waals surface area (Å²) in [7, 11) is 0. The number of aliphatic hydroxyl groups is 1. The Kier molecular flexibility index (Phi) is 4.29. The van der Waals surface area contributed by atoms with E-state index in [1.807, 2.05) is 6.07 Å². The Morgan fingerprint density at radius 2 is 2.03 bits per heavy atom. The van der Waals surface area contributed by atoms with Crippen LogP contribution in [-0.2, 0) is 34.7 Å². The number of carbonyl (C=O) groups is 1. The van der Waals surface area contributed by atoms with Crippen molar-refractivity contribution in [2.24, 2.45) is 0 Å². The van der Waals surface area contributed by atoms with Gasteiger partial charge in [-0.05, 0) is 49.1 Å². The van der Waals surface area contributed by atoms with Gasteiger partial charge in [0.25, 0.3) is 5.56 Å². The first-order valence-corrected chi connectivity index (χ1v) is 10.6. The maximum Gasteiger partial charge on any atom is 0.343 e. The van der Waals surface area contributed by atoms with Gasteiger partial charge < -0.3 is 14.4 Å². The van der Waals surface area contributed by atoms with Crippen LogP contribution in [0.25, 0.3) is 22.3 Å². The van der Waals surface area contributed by atoms with E-state index in [9.17, 15) is 14.7 Å². The summed E-state index contributed by atoms with van der Waals surface area (Å²) in [6, 6.07) is 10.2. The molecule has 0 radical (unpaired) electrons. The summed E-state index contributed by atoms with van der Waals surface area (Å²) in [5.74, 6) is -0.703. The molecule has 0 saturated carbocycles. The minimum absolute atomic E-state index is 0.109. The Balaban J connectivity index is 1.67. The molecule has 1 N–H and O–H groups in total. The lowest BCUT2D eigenvalue weighted by Crippen LogP contribution is -2.44. The van der Waals surface area contributed by atoms with Crippen molar-refractivity contribution in [1.82, 2.24) is 9.55 Å². The number of benzene rings is 1. The van der Waals surface area contributed by atoms with Crippen molar-refractivity contribution >= 4 is 16.9 Å². The maximum absolute atomic E-state index is 13.2. The van der Waals surface area contributed by atoms with Crippen molar-refractivity contribution < 1.29 is 14.6 Å². The number of hydrogen-bond donors (Lipinski definition) is 1. The second-order valence-corrected chi connectivity index (χ2v) is 8.23. The average Bonchev–Trinajstić information content (AvgIpc) is 3.11. The Labute approximate surface area is 174 Å². The summed E-state index contributed by atoms with van der Waals surface area (Å²) in [6.45, 7) is 4.21. The van der Waals surface area contributed by atoms with Gasteiger partial charge in [0.2, 0.25) is 0 Å². The topological polar surface area (TPSA) is 81.4 Å². The number of carbonyl (C=O) groups excluding carboxylic acids is 1. The molecule has 1 unspecified atom stereocenters. The third-order valence-corrected chi connectivity index (χ3v) is 6.39. The highest BCUT2D eigenvalue weighted by atomic mass is 16.6. The molecule has 2 aliphatic rings. The quantitative estimate of drug-likeness (QED) is 0.527. The number of unbranched alkanes of at least 4 members (excludes halogenated alkanes) is 1. The second-order valence-electron chi connectivity index (χ2n) is 8.23. The smallest absolute Gasteiger partial charge is 0.343 e. The van der Waals surface area contributed by atoms with Crippen LogP contribution >= 0.6 is 0 Å². The van der Waals surface area contributed by atoms with Crippen LogP contribution in [0.3, 0.4) is 0 Å². The van der Waals surface area contributed by atoms with Gasteiger partial charge in [-0.3, -0.25) is 4.79 Å². The zero-order valence-corrected chi connectivity index (χ0v) is 17.2. The van der Waals surface area contributed by atoms with Crippen molar-refractivity contribution in [1.29, 1.82) is 0 Å². The summed E-state index contributed by atoms with van der Waals surface area (Å²) in [4.78, 5) is 30.3. The molecule has 0 spiro atoms. The molecule has 3 aromatic rings. The highest BCUT2D eigenvalue weighted by molar-refractivity contribution is 5.86. The van der Waals surface area contributed by atoms with E-state index in [-0.39, 0.29) is 18.6 Å². The summed E-state index contributed by atoms with van der Waals surface area (Å²) in [5.41, 5.74) is 3.19. The average molecular weight is 404 g/mol. The van der Waals surface area contributed by atoms with E-state index in [1.54, 1.807) is 17.6 Å². The number of hydrogen-bond acceptors (Lipinski definition) is 5. The molecule has 5 rings (SSSR count). The Hall–Kier alpha value is -2.99. The van der Waals surface area contributed by atoms with Gasteiger partial charge >= 0.3 is 5.97 Å². The van der Waals surface area contributed by atoms with Crippen molar-refractivity contribution in [2.45, 2.75) is 58.3 Å². The number of pyridine rings is 2. The van der Waals surface area contributed by atoms with Crippen LogP contribution in [0.1, 0.15) is 55.4 Å². The number of esters is 1. The van der Waals surface area contributed by atoms with Gasteiger partial charge in [0, 0.05) is 16.5 Å². The van der Waals surface area contributed by atoms with Crippen molar-refractivity contribution in [3.05, 3.63) is 62.9 Å². The molecule has 0 amide bonds. The van der Waals surface area contributed by atoms with Crippen LogP contribution < -0.4 is 5.56 Å². The lowest BCUT2D eigenvalue weighted by molar-refractivity contribution is -0.172. The molecule has 154 valence electrons. The first-order valence-electron chi connectivity index (χ1n) is 10.6. The monoisotopic (exact) mass is 404 g/mol. The standard InChI is InChI=1S/C24H24N2O4/c1-3-5-6-14-7-8-19-15(9-14)10-16-12-26-20(21(16)25-19)11-18-17(22(26)27)13-30-23(28)24(18,29)4-2/h7-11,29H,3-6,12-13H2,1-2H3. The highest BCUT2D eigenvalue weighted by Crippen LogP contribution is 2.38. The lowest BCUT2D eigenvalue weighted by atomic mass is 9.86. The van der Waals surface area contributed by atoms with E-state index in [4.69, 9.17) is 9.72 Å². The molecule has 0 saturated heterocycles. The Morgan fingerprint density at radius 3 is 2.80 bits per heavy atom. The fraction of sp³-hybridized carbons (Fsp3) is 0.375. The van der Waals surface area contributed by atoms with E-state index >= 15 is 0 Å². The van der Waals surface area contributed by atoms with Crippen LogP contribution in [0, 0.1) is 0 Å². The van der Waals surface area contributed by atoms with E-state index < -0.39 is 11.6 Å². The summed E-state index contributed by atoms with van der Waals surface area (Å²) >= 11 is 0. The van der Waals surface area contributed by atoms with E-state index in [0.717, 1.165) is 41.4 Å². The van der Waals surface area contributed by atoms with Crippen LogP contribution in [0.2, 0.25) is 0 Å². The minimum atomic E-state index is -1.80. The van der Waals surface area contributed by atoms with Gasteiger partial charge in [-0.2, -0.15) is 0 Å². The summed E-state index contributed by atoms with van der Waals surface area (Å²) < 4.78 is 6.79. The molecular weight excluding hydrogens is 380 g/mol. The largest absolute Gasteiger partial charge is 0.458 e. The van der Waals surface area contributed by atoms with Crippen LogP contribution in [0.4, 0.5) is 0 Å². The van der Waals surface area contributed by atoms with E-state index in [0.29, 0.717) is 23.4 Å².